The van der Waals surface area contributed by atoms with Crippen LogP contribution in [0.4, 0.5) is 5.69 Å². The fourth-order valence-corrected chi connectivity index (χ4v) is 4.11. The van der Waals surface area contributed by atoms with Crippen molar-refractivity contribution in [1.29, 1.82) is 0 Å². The molecule has 0 spiro atoms. The maximum Gasteiger partial charge on any atom is 0.264 e. The summed E-state index contributed by atoms with van der Waals surface area (Å²) in [6.45, 7) is 4.59. The summed E-state index contributed by atoms with van der Waals surface area (Å²) < 4.78 is 0. The molecule has 4 heteroatoms. The van der Waals surface area contributed by atoms with Gasteiger partial charge in [0.25, 0.3) is 5.56 Å². The third-order valence-corrected chi connectivity index (χ3v) is 5.24. The summed E-state index contributed by atoms with van der Waals surface area (Å²) in [7, 11) is 0. The van der Waals surface area contributed by atoms with Crippen molar-refractivity contribution in [3.05, 3.63) is 46.2 Å². The second kappa shape index (κ2) is 5.27. The van der Waals surface area contributed by atoms with Gasteiger partial charge in [-0.2, -0.15) is 5.10 Å². The monoisotopic (exact) mass is 295 g/mol. The van der Waals surface area contributed by atoms with E-state index in [0.717, 1.165) is 23.1 Å². The molecule has 1 saturated carbocycles. The van der Waals surface area contributed by atoms with Crippen LogP contribution in [0.15, 0.2) is 35.1 Å². The molecule has 0 amide bonds. The molecule has 2 fully saturated rings. The lowest BCUT2D eigenvalue weighted by Gasteiger charge is -2.22. The molecule has 1 aromatic heterocycles. The molecule has 0 radical (unpaired) electrons. The summed E-state index contributed by atoms with van der Waals surface area (Å²) in [5.74, 6) is 1.81. The molecule has 1 aliphatic heterocycles. The van der Waals surface area contributed by atoms with Crippen LogP contribution >= 0.6 is 0 Å². The fraction of sp³-hybridized carbons (Fsp3) is 0.444. The van der Waals surface area contributed by atoms with Gasteiger partial charge in [-0.15, -0.1) is 0 Å². The first-order valence-corrected chi connectivity index (χ1v) is 8.12. The Morgan fingerprint density at radius 3 is 2.55 bits per heavy atom. The molecule has 2 aromatic rings. The van der Waals surface area contributed by atoms with Gasteiger partial charge in [0.2, 0.25) is 0 Å². The van der Waals surface area contributed by atoms with E-state index in [-0.39, 0.29) is 5.56 Å². The number of hydrogen-bond acceptors (Lipinski definition) is 3. The van der Waals surface area contributed by atoms with E-state index in [0.29, 0.717) is 0 Å². The molecule has 1 saturated heterocycles. The highest BCUT2D eigenvalue weighted by Crippen LogP contribution is 2.40. The van der Waals surface area contributed by atoms with Crippen LogP contribution in [-0.2, 0) is 0 Å². The fourth-order valence-electron chi connectivity index (χ4n) is 4.11. The number of nitrogens with zero attached hydrogens (tertiary/aromatic N) is 2. The van der Waals surface area contributed by atoms with Gasteiger partial charge in [-0.05, 0) is 55.4 Å². The Morgan fingerprint density at radius 1 is 1.14 bits per heavy atom. The molecule has 1 aliphatic carbocycles. The van der Waals surface area contributed by atoms with E-state index in [1.807, 2.05) is 0 Å². The number of benzene rings is 1. The number of H-pyrrole nitrogens is 1. The average Bonchev–Trinajstić information content (AvgIpc) is 3.09. The van der Waals surface area contributed by atoms with Crippen molar-refractivity contribution in [2.45, 2.75) is 26.2 Å². The number of nitrogens with one attached hydrogen (secondary N) is 1. The van der Waals surface area contributed by atoms with E-state index in [1.54, 1.807) is 6.07 Å². The van der Waals surface area contributed by atoms with Gasteiger partial charge in [-0.25, -0.2) is 5.10 Å². The van der Waals surface area contributed by atoms with Crippen LogP contribution in [0.5, 0.6) is 0 Å². The molecule has 1 N–H and O–H groups in total. The lowest BCUT2D eigenvalue weighted by atomic mass is 10.0. The molecule has 1 aromatic carbocycles. The molecule has 4 nitrogen and oxygen atoms in total. The molecule has 22 heavy (non-hydrogen) atoms. The van der Waals surface area contributed by atoms with Crippen molar-refractivity contribution in [3.8, 4) is 11.3 Å². The summed E-state index contributed by atoms with van der Waals surface area (Å²) in [6, 6.07) is 9.78. The Balaban J connectivity index is 1.60. The van der Waals surface area contributed by atoms with Gasteiger partial charge in [0.05, 0.1) is 5.69 Å². The molecule has 2 atom stereocenters. The Labute approximate surface area is 130 Å². The summed E-state index contributed by atoms with van der Waals surface area (Å²) in [4.78, 5) is 13.7. The Kier molecular flexibility index (Phi) is 3.25. The lowest BCUT2D eigenvalue weighted by molar-refractivity contribution is 0.494. The van der Waals surface area contributed by atoms with Gasteiger partial charge in [0.15, 0.2) is 0 Å². The topological polar surface area (TPSA) is 49.0 Å². The highest BCUT2D eigenvalue weighted by molar-refractivity contribution is 5.66. The SMILES string of the molecule is Cc1cc(-c2ccc(=O)[nH]n2)ccc1N1CC2CCCC2C1. The summed E-state index contributed by atoms with van der Waals surface area (Å²) >= 11 is 0. The normalized spacial score (nSPS) is 23.8. The second-order valence-corrected chi connectivity index (χ2v) is 6.66. The van der Waals surface area contributed by atoms with Crippen molar-refractivity contribution in [2.75, 3.05) is 18.0 Å². The molecule has 0 bridgehead atoms. The quantitative estimate of drug-likeness (QED) is 0.926. The lowest BCUT2D eigenvalue weighted by Crippen LogP contribution is -2.21. The molecule has 2 unspecified atom stereocenters. The van der Waals surface area contributed by atoms with E-state index in [4.69, 9.17) is 0 Å². The van der Waals surface area contributed by atoms with Crippen LogP contribution in [0, 0.1) is 18.8 Å². The zero-order valence-corrected chi connectivity index (χ0v) is 12.9. The number of aromatic nitrogens is 2. The minimum atomic E-state index is -0.166. The molecule has 114 valence electrons. The summed E-state index contributed by atoms with van der Waals surface area (Å²) in [6.07, 6.45) is 4.22. The van der Waals surface area contributed by atoms with Gasteiger partial charge in [0, 0.05) is 30.4 Å². The van der Waals surface area contributed by atoms with Crippen LogP contribution in [-0.4, -0.2) is 23.3 Å². The maximum atomic E-state index is 11.1. The van der Waals surface area contributed by atoms with E-state index < -0.39 is 0 Å². The van der Waals surface area contributed by atoms with Crippen molar-refractivity contribution < 1.29 is 0 Å². The first-order valence-electron chi connectivity index (χ1n) is 8.12. The number of aromatic amines is 1. The van der Waals surface area contributed by atoms with Crippen LogP contribution in [0.25, 0.3) is 11.3 Å². The van der Waals surface area contributed by atoms with Crippen LogP contribution in [0.3, 0.4) is 0 Å². The number of hydrogen-bond donors (Lipinski definition) is 1. The average molecular weight is 295 g/mol. The van der Waals surface area contributed by atoms with Crippen molar-refractivity contribution >= 4 is 5.69 Å². The Hall–Kier alpha value is -2.10. The molecular formula is C18H21N3O. The minimum absolute atomic E-state index is 0.166. The van der Waals surface area contributed by atoms with E-state index in [1.165, 1.54) is 49.7 Å². The first kappa shape index (κ1) is 13.6. The zero-order valence-electron chi connectivity index (χ0n) is 12.9. The van der Waals surface area contributed by atoms with Crippen LogP contribution < -0.4 is 10.5 Å². The number of anilines is 1. The highest BCUT2D eigenvalue weighted by atomic mass is 16.1. The zero-order chi connectivity index (χ0) is 15.1. The maximum absolute atomic E-state index is 11.1. The summed E-state index contributed by atoms with van der Waals surface area (Å²) in [5.41, 5.74) is 4.33. The van der Waals surface area contributed by atoms with Crippen LogP contribution in [0.1, 0.15) is 24.8 Å². The molecule has 2 heterocycles. The van der Waals surface area contributed by atoms with E-state index in [2.05, 4.69) is 40.2 Å². The number of rotatable bonds is 2. The summed E-state index contributed by atoms with van der Waals surface area (Å²) in [5, 5.41) is 6.61. The minimum Gasteiger partial charge on any atom is -0.371 e. The molecule has 2 aliphatic rings. The predicted octanol–water partition coefficient (Wildman–Crippen LogP) is 2.98. The van der Waals surface area contributed by atoms with Gasteiger partial charge in [-0.3, -0.25) is 4.79 Å². The third-order valence-electron chi connectivity index (χ3n) is 5.24. The van der Waals surface area contributed by atoms with Crippen molar-refractivity contribution in [2.24, 2.45) is 11.8 Å². The third kappa shape index (κ3) is 2.32. The van der Waals surface area contributed by atoms with Crippen LogP contribution in [0.2, 0.25) is 0 Å². The Bertz CT molecular complexity index is 720. The second-order valence-electron chi connectivity index (χ2n) is 6.66. The van der Waals surface area contributed by atoms with Gasteiger partial charge < -0.3 is 4.90 Å². The first-order chi connectivity index (χ1) is 10.7. The molecular weight excluding hydrogens is 274 g/mol. The number of aryl methyl sites for hydroxylation is 1. The molecule has 4 rings (SSSR count). The van der Waals surface area contributed by atoms with E-state index >= 15 is 0 Å². The smallest absolute Gasteiger partial charge is 0.264 e. The Morgan fingerprint density at radius 2 is 1.91 bits per heavy atom. The van der Waals surface area contributed by atoms with Crippen molar-refractivity contribution in [3.63, 3.8) is 0 Å². The standard InChI is InChI=1S/C18H21N3O/c1-12-9-13(16-6-8-18(22)20-19-16)5-7-17(12)21-10-14-3-2-4-15(14)11-21/h5-9,14-15H,2-4,10-11H2,1H3,(H,20,22). The van der Waals surface area contributed by atoms with Gasteiger partial charge >= 0.3 is 0 Å². The van der Waals surface area contributed by atoms with Crippen molar-refractivity contribution in [1.82, 2.24) is 10.2 Å². The highest BCUT2D eigenvalue weighted by Gasteiger charge is 2.36. The van der Waals surface area contributed by atoms with Gasteiger partial charge in [0.1, 0.15) is 0 Å². The van der Waals surface area contributed by atoms with E-state index in [9.17, 15) is 4.79 Å². The number of fused-ring (bicyclic) bond motifs is 1. The largest absolute Gasteiger partial charge is 0.371 e. The predicted molar refractivity (Wildman–Crippen MR) is 88.1 cm³/mol. The van der Waals surface area contributed by atoms with Gasteiger partial charge in [-0.1, -0.05) is 12.5 Å².